The van der Waals surface area contributed by atoms with E-state index in [-0.39, 0.29) is 24.5 Å². The lowest BCUT2D eigenvalue weighted by Gasteiger charge is -2.33. The first-order chi connectivity index (χ1) is 13.1. The number of fused-ring (bicyclic) bond motifs is 1. The second kappa shape index (κ2) is 7.28. The minimum Gasteiger partial charge on any atom is -0.445 e. The minimum absolute atomic E-state index is 0.0436. The van der Waals surface area contributed by atoms with Crippen LogP contribution in [0.1, 0.15) is 17.2 Å². The van der Waals surface area contributed by atoms with Crippen LogP contribution in [-0.2, 0) is 18.4 Å². The van der Waals surface area contributed by atoms with E-state index in [2.05, 4.69) is 5.32 Å². The Kier molecular flexibility index (Phi) is 4.68. The van der Waals surface area contributed by atoms with Gasteiger partial charge in [-0.15, -0.1) is 0 Å². The Labute approximate surface area is 156 Å². The van der Waals surface area contributed by atoms with Gasteiger partial charge in [-0.05, 0) is 23.3 Å². The number of rotatable bonds is 3. The first-order valence-corrected chi connectivity index (χ1v) is 8.90. The molecule has 0 bridgehead atoms. The van der Waals surface area contributed by atoms with Gasteiger partial charge in [0.1, 0.15) is 6.61 Å². The van der Waals surface area contributed by atoms with E-state index in [0.717, 1.165) is 16.6 Å². The Hall–Kier alpha value is -3.06. The number of carbonyl (C=O) groups is 1. The smallest absolute Gasteiger partial charge is 0.419 e. The van der Waals surface area contributed by atoms with Crippen molar-refractivity contribution < 1.29 is 13.9 Å². The molecule has 1 saturated heterocycles. The fraction of sp³-hybridized carbons (Fsp3) is 0.300. The highest BCUT2D eigenvalue weighted by Crippen LogP contribution is 2.22. The van der Waals surface area contributed by atoms with Gasteiger partial charge in [-0.3, -0.25) is 4.57 Å². The molecule has 1 N–H and O–H groups in total. The fourth-order valence-corrected chi connectivity index (χ4v) is 3.32. The number of ether oxygens (including phenoxy) is 1. The van der Waals surface area contributed by atoms with Crippen molar-refractivity contribution in [3.05, 3.63) is 70.2 Å². The third kappa shape index (κ3) is 3.59. The number of hydrogen-bond donors (Lipinski definition) is 1. The molecule has 0 spiro atoms. The minimum atomic E-state index is -0.384. The molecule has 0 saturated carbocycles. The zero-order valence-electron chi connectivity index (χ0n) is 15.1. The summed E-state index contributed by atoms with van der Waals surface area (Å²) in [4.78, 5) is 25.8. The monoisotopic (exact) mass is 367 g/mol. The van der Waals surface area contributed by atoms with Gasteiger partial charge in [0, 0.05) is 26.7 Å². The van der Waals surface area contributed by atoms with E-state index in [1.807, 2.05) is 48.5 Å². The number of nitrogens with one attached hydrogen (secondary N) is 1. The summed E-state index contributed by atoms with van der Waals surface area (Å²) in [5, 5.41) is 3.40. The van der Waals surface area contributed by atoms with Gasteiger partial charge in [-0.25, -0.2) is 9.59 Å². The summed E-state index contributed by atoms with van der Waals surface area (Å²) in [6.45, 7) is 2.01. The van der Waals surface area contributed by atoms with Gasteiger partial charge in [0.2, 0.25) is 0 Å². The molecule has 1 fully saturated rings. The first kappa shape index (κ1) is 17.4. The van der Waals surface area contributed by atoms with Gasteiger partial charge >= 0.3 is 11.8 Å². The third-order valence-corrected chi connectivity index (χ3v) is 4.86. The molecule has 27 heavy (non-hydrogen) atoms. The molecule has 1 unspecified atom stereocenters. The zero-order valence-corrected chi connectivity index (χ0v) is 15.1. The van der Waals surface area contributed by atoms with Crippen molar-refractivity contribution in [2.45, 2.75) is 12.6 Å². The van der Waals surface area contributed by atoms with Gasteiger partial charge in [-0.2, -0.15) is 0 Å². The van der Waals surface area contributed by atoms with Crippen LogP contribution in [0.3, 0.4) is 0 Å². The molecule has 140 valence electrons. The number of aromatic nitrogens is 1. The summed E-state index contributed by atoms with van der Waals surface area (Å²) >= 11 is 0. The predicted molar refractivity (Wildman–Crippen MR) is 100 cm³/mol. The summed E-state index contributed by atoms with van der Waals surface area (Å²) in [6.07, 6.45) is -0.322. The number of piperazine rings is 1. The molecule has 0 radical (unpaired) electrons. The van der Waals surface area contributed by atoms with Crippen LogP contribution in [0.25, 0.3) is 11.1 Å². The van der Waals surface area contributed by atoms with Crippen molar-refractivity contribution in [1.82, 2.24) is 14.8 Å². The lowest BCUT2D eigenvalue weighted by molar-refractivity contribution is 0.0850. The van der Waals surface area contributed by atoms with Crippen LogP contribution in [0.4, 0.5) is 4.79 Å². The topological polar surface area (TPSA) is 76.7 Å². The number of oxazole rings is 1. The van der Waals surface area contributed by atoms with Crippen LogP contribution in [0.5, 0.6) is 0 Å². The van der Waals surface area contributed by atoms with Crippen LogP contribution in [-0.4, -0.2) is 35.2 Å². The summed E-state index contributed by atoms with van der Waals surface area (Å²) in [5.41, 5.74) is 3.23. The largest absolute Gasteiger partial charge is 0.445 e. The van der Waals surface area contributed by atoms with Crippen LogP contribution in [0.2, 0.25) is 0 Å². The van der Waals surface area contributed by atoms with E-state index in [1.165, 1.54) is 4.57 Å². The van der Waals surface area contributed by atoms with Crippen LogP contribution >= 0.6 is 0 Å². The summed E-state index contributed by atoms with van der Waals surface area (Å²) in [7, 11) is 1.68. The number of amides is 1. The SMILES string of the molecule is Cn1c(=O)oc2cc(C3CN(C(=O)OCc4ccccc4)CCN3)ccc21. The highest BCUT2D eigenvalue weighted by molar-refractivity contribution is 5.74. The van der Waals surface area contributed by atoms with Crippen molar-refractivity contribution in [1.29, 1.82) is 0 Å². The number of aryl methyl sites for hydroxylation is 1. The van der Waals surface area contributed by atoms with E-state index in [9.17, 15) is 9.59 Å². The highest BCUT2D eigenvalue weighted by Gasteiger charge is 2.26. The third-order valence-electron chi connectivity index (χ3n) is 4.86. The number of benzene rings is 2. The summed E-state index contributed by atoms with van der Waals surface area (Å²) in [6, 6.07) is 15.2. The van der Waals surface area contributed by atoms with Gasteiger partial charge in [0.15, 0.2) is 5.58 Å². The van der Waals surface area contributed by atoms with Crippen LogP contribution in [0, 0.1) is 0 Å². The maximum atomic E-state index is 12.4. The molecule has 0 aliphatic carbocycles. The Morgan fingerprint density at radius 2 is 2.07 bits per heavy atom. The molecule has 7 heteroatoms. The van der Waals surface area contributed by atoms with Gasteiger partial charge in [0.05, 0.1) is 11.6 Å². The normalized spacial score (nSPS) is 17.2. The van der Waals surface area contributed by atoms with Gasteiger partial charge in [0.25, 0.3) is 0 Å². The average molecular weight is 367 g/mol. The Morgan fingerprint density at radius 3 is 2.89 bits per heavy atom. The molecular formula is C20H21N3O4. The maximum Gasteiger partial charge on any atom is 0.419 e. The van der Waals surface area contributed by atoms with Crippen molar-refractivity contribution in [2.75, 3.05) is 19.6 Å². The number of hydrogen-bond acceptors (Lipinski definition) is 5. The van der Waals surface area contributed by atoms with Gasteiger partial charge in [-0.1, -0.05) is 36.4 Å². The van der Waals surface area contributed by atoms with Gasteiger partial charge < -0.3 is 19.4 Å². The zero-order chi connectivity index (χ0) is 18.8. The standard InChI is InChI=1S/C20H21N3O4/c1-22-17-8-7-15(11-18(17)27-19(22)24)16-12-23(10-9-21-16)20(25)26-13-14-5-3-2-4-6-14/h2-8,11,16,21H,9-10,12-13H2,1H3. The highest BCUT2D eigenvalue weighted by atomic mass is 16.6. The second-order valence-corrected chi connectivity index (χ2v) is 6.65. The Balaban J connectivity index is 1.44. The first-order valence-electron chi connectivity index (χ1n) is 8.90. The second-order valence-electron chi connectivity index (χ2n) is 6.65. The molecule has 2 heterocycles. The van der Waals surface area contributed by atoms with Crippen molar-refractivity contribution in [2.24, 2.45) is 7.05 Å². The number of carbonyl (C=O) groups excluding carboxylic acids is 1. The lowest BCUT2D eigenvalue weighted by Crippen LogP contribution is -2.48. The van der Waals surface area contributed by atoms with E-state index >= 15 is 0 Å². The molecule has 1 aromatic heterocycles. The quantitative estimate of drug-likeness (QED) is 0.769. The Morgan fingerprint density at radius 1 is 1.26 bits per heavy atom. The fourth-order valence-electron chi connectivity index (χ4n) is 3.32. The summed E-state index contributed by atoms with van der Waals surface area (Å²) in [5.74, 6) is -0.384. The summed E-state index contributed by atoms with van der Waals surface area (Å²) < 4.78 is 12.2. The van der Waals surface area contributed by atoms with Crippen molar-refractivity contribution in [3.63, 3.8) is 0 Å². The van der Waals surface area contributed by atoms with E-state index in [0.29, 0.717) is 25.2 Å². The van der Waals surface area contributed by atoms with E-state index in [1.54, 1.807) is 11.9 Å². The van der Waals surface area contributed by atoms with Crippen molar-refractivity contribution >= 4 is 17.2 Å². The molecule has 2 aromatic carbocycles. The van der Waals surface area contributed by atoms with Crippen LogP contribution < -0.4 is 11.1 Å². The molecule has 3 aromatic rings. The molecule has 1 atom stereocenters. The van der Waals surface area contributed by atoms with Crippen LogP contribution in [0.15, 0.2) is 57.7 Å². The molecule has 4 rings (SSSR count). The molecule has 7 nitrogen and oxygen atoms in total. The Bertz CT molecular complexity index is 1010. The predicted octanol–water partition coefficient (Wildman–Crippen LogP) is 2.41. The van der Waals surface area contributed by atoms with E-state index < -0.39 is 0 Å². The van der Waals surface area contributed by atoms with E-state index in [4.69, 9.17) is 9.15 Å². The molecular weight excluding hydrogens is 346 g/mol. The molecule has 1 aliphatic rings. The molecule has 1 amide bonds. The van der Waals surface area contributed by atoms with Crippen molar-refractivity contribution in [3.8, 4) is 0 Å². The lowest BCUT2D eigenvalue weighted by atomic mass is 10.0. The average Bonchev–Trinajstić information content (AvgIpc) is 3.00. The maximum absolute atomic E-state index is 12.4. The molecule has 1 aliphatic heterocycles. The number of nitrogens with zero attached hydrogens (tertiary/aromatic N) is 2.